The van der Waals surface area contributed by atoms with E-state index in [1.54, 1.807) is 7.11 Å². The molecule has 0 aliphatic heterocycles. The number of methoxy groups -OCH3 is 1. The van der Waals surface area contributed by atoms with Gasteiger partial charge in [0, 0.05) is 25.7 Å². The molecule has 2 aliphatic carbocycles. The number of ether oxygens (including phenoxy) is 1. The maximum atomic E-state index is 10.6. The first-order valence-corrected chi connectivity index (χ1v) is 7.40. The molecule has 0 saturated heterocycles. The third-order valence-electron chi connectivity index (χ3n) is 5.06. The maximum Gasteiger partial charge on any atom is 0.0746 e. The Morgan fingerprint density at radius 1 is 1.33 bits per heavy atom. The molecule has 0 aromatic carbocycles. The second-order valence-electron chi connectivity index (χ2n) is 6.85. The Kier molecular flexibility index (Phi) is 4.35. The minimum Gasteiger partial charge on any atom is -0.391 e. The predicted molar refractivity (Wildman–Crippen MR) is 73.6 cm³/mol. The fourth-order valence-electron chi connectivity index (χ4n) is 3.41. The minimum atomic E-state index is -0.199. The molecule has 2 aliphatic rings. The van der Waals surface area contributed by atoms with Gasteiger partial charge in [-0.3, -0.25) is 4.90 Å². The average molecular weight is 255 g/mol. The molecular weight excluding hydrogens is 226 g/mol. The summed E-state index contributed by atoms with van der Waals surface area (Å²) in [4.78, 5) is 2.51. The topological polar surface area (TPSA) is 32.7 Å². The van der Waals surface area contributed by atoms with E-state index in [0.29, 0.717) is 12.1 Å². The van der Waals surface area contributed by atoms with Crippen LogP contribution in [0.3, 0.4) is 0 Å². The highest BCUT2D eigenvalue weighted by Gasteiger charge is 2.46. The first-order chi connectivity index (χ1) is 8.47. The van der Waals surface area contributed by atoms with Gasteiger partial charge < -0.3 is 9.84 Å². The second-order valence-corrected chi connectivity index (χ2v) is 6.85. The lowest BCUT2D eigenvalue weighted by Gasteiger charge is -2.38. The summed E-state index contributed by atoms with van der Waals surface area (Å²) in [6, 6.07) is 0.916. The molecule has 3 atom stereocenters. The summed E-state index contributed by atoms with van der Waals surface area (Å²) in [5, 5.41) is 10.6. The normalized spacial score (nSPS) is 33.0. The van der Waals surface area contributed by atoms with E-state index in [4.69, 9.17) is 4.74 Å². The quantitative estimate of drug-likeness (QED) is 0.790. The molecule has 0 aromatic heterocycles. The largest absolute Gasteiger partial charge is 0.391 e. The van der Waals surface area contributed by atoms with Gasteiger partial charge in [0.25, 0.3) is 0 Å². The van der Waals surface area contributed by atoms with Crippen LogP contribution in [-0.2, 0) is 4.74 Å². The van der Waals surface area contributed by atoms with Crippen LogP contribution < -0.4 is 0 Å². The van der Waals surface area contributed by atoms with Crippen molar-refractivity contribution in [2.24, 2.45) is 11.3 Å². The fraction of sp³-hybridized carbons (Fsp3) is 1.00. The van der Waals surface area contributed by atoms with Crippen molar-refractivity contribution < 1.29 is 9.84 Å². The van der Waals surface area contributed by atoms with E-state index >= 15 is 0 Å². The van der Waals surface area contributed by atoms with Gasteiger partial charge >= 0.3 is 0 Å². The van der Waals surface area contributed by atoms with E-state index in [0.717, 1.165) is 31.9 Å². The molecule has 0 bridgehead atoms. The fourth-order valence-corrected chi connectivity index (χ4v) is 3.41. The highest BCUT2D eigenvalue weighted by atomic mass is 16.5. The monoisotopic (exact) mass is 255 g/mol. The summed E-state index contributed by atoms with van der Waals surface area (Å²) in [6.07, 6.45) is 4.76. The molecule has 3 nitrogen and oxygen atoms in total. The predicted octanol–water partition coefficient (Wildman–Crippen LogP) is 2.28. The van der Waals surface area contributed by atoms with Gasteiger partial charge in [0.15, 0.2) is 0 Å². The Morgan fingerprint density at radius 3 is 2.44 bits per heavy atom. The number of rotatable bonds is 6. The smallest absolute Gasteiger partial charge is 0.0746 e. The lowest BCUT2D eigenvalue weighted by atomic mass is 9.88. The molecule has 0 amide bonds. The molecule has 18 heavy (non-hydrogen) atoms. The summed E-state index contributed by atoms with van der Waals surface area (Å²) in [5.74, 6) is 0.845. The van der Waals surface area contributed by atoms with Crippen molar-refractivity contribution in [3.63, 3.8) is 0 Å². The number of hydrogen-bond acceptors (Lipinski definition) is 3. The average Bonchev–Trinajstić information content (AvgIpc) is 3.12. The third kappa shape index (κ3) is 2.89. The molecule has 3 unspecified atom stereocenters. The SMILES string of the molecule is COCCN(C(C)C1CC1)C1CCC(C)(C)C1O. The molecule has 0 spiro atoms. The van der Waals surface area contributed by atoms with Gasteiger partial charge in [-0.1, -0.05) is 13.8 Å². The summed E-state index contributed by atoms with van der Waals surface area (Å²) >= 11 is 0. The van der Waals surface area contributed by atoms with Gasteiger partial charge in [0.2, 0.25) is 0 Å². The molecular formula is C15H29NO2. The molecule has 2 rings (SSSR count). The summed E-state index contributed by atoms with van der Waals surface area (Å²) in [5.41, 5.74) is 0.0687. The summed E-state index contributed by atoms with van der Waals surface area (Å²) < 4.78 is 5.25. The van der Waals surface area contributed by atoms with Crippen LogP contribution in [0.15, 0.2) is 0 Å². The van der Waals surface area contributed by atoms with Gasteiger partial charge in [-0.15, -0.1) is 0 Å². The first-order valence-electron chi connectivity index (χ1n) is 7.40. The van der Waals surface area contributed by atoms with E-state index in [1.807, 2.05) is 0 Å². The Balaban J connectivity index is 2.03. The van der Waals surface area contributed by atoms with Crippen molar-refractivity contribution in [1.82, 2.24) is 4.90 Å². The van der Waals surface area contributed by atoms with Crippen LogP contribution in [0.1, 0.15) is 46.5 Å². The van der Waals surface area contributed by atoms with Crippen molar-refractivity contribution in [2.45, 2.75) is 64.6 Å². The zero-order chi connectivity index (χ0) is 13.3. The maximum absolute atomic E-state index is 10.6. The van der Waals surface area contributed by atoms with Crippen LogP contribution in [0.4, 0.5) is 0 Å². The zero-order valence-corrected chi connectivity index (χ0v) is 12.4. The number of aliphatic hydroxyl groups excluding tert-OH is 1. The number of nitrogens with zero attached hydrogens (tertiary/aromatic N) is 1. The molecule has 3 heteroatoms. The van der Waals surface area contributed by atoms with Gasteiger partial charge in [-0.05, 0) is 43.9 Å². The Labute approximate surface area is 112 Å². The van der Waals surface area contributed by atoms with Crippen molar-refractivity contribution >= 4 is 0 Å². The standard InChI is InChI=1S/C15H29NO2/c1-11(12-5-6-12)16(9-10-18-4)13-7-8-15(2,3)14(13)17/h11-14,17H,5-10H2,1-4H3. The van der Waals surface area contributed by atoms with E-state index in [-0.39, 0.29) is 11.5 Å². The lowest BCUT2D eigenvalue weighted by Crippen LogP contribution is -2.50. The molecule has 2 saturated carbocycles. The zero-order valence-electron chi connectivity index (χ0n) is 12.4. The van der Waals surface area contributed by atoms with Crippen molar-refractivity contribution in [3.05, 3.63) is 0 Å². The van der Waals surface area contributed by atoms with Crippen molar-refractivity contribution in [1.29, 1.82) is 0 Å². The van der Waals surface area contributed by atoms with Crippen LogP contribution in [0, 0.1) is 11.3 Å². The summed E-state index contributed by atoms with van der Waals surface area (Å²) in [7, 11) is 1.76. The third-order valence-corrected chi connectivity index (χ3v) is 5.06. The molecule has 0 radical (unpaired) electrons. The molecule has 1 N–H and O–H groups in total. The van der Waals surface area contributed by atoms with E-state index in [1.165, 1.54) is 12.8 Å². The van der Waals surface area contributed by atoms with Crippen LogP contribution in [0.2, 0.25) is 0 Å². The van der Waals surface area contributed by atoms with Crippen LogP contribution >= 0.6 is 0 Å². The van der Waals surface area contributed by atoms with Gasteiger partial charge in [-0.25, -0.2) is 0 Å². The van der Waals surface area contributed by atoms with E-state index in [2.05, 4.69) is 25.7 Å². The lowest BCUT2D eigenvalue weighted by molar-refractivity contribution is -0.0114. The minimum absolute atomic E-state index is 0.0687. The van der Waals surface area contributed by atoms with Gasteiger partial charge in [0.1, 0.15) is 0 Å². The molecule has 0 aromatic rings. The second kappa shape index (κ2) is 5.48. The Hall–Kier alpha value is -0.120. The van der Waals surface area contributed by atoms with Crippen LogP contribution in [0.25, 0.3) is 0 Å². The van der Waals surface area contributed by atoms with Crippen LogP contribution in [0.5, 0.6) is 0 Å². The molecule has 106 valence electrons. The molecule has 2 fully saturated rings. The van der Waals surface area contributed by atoms with E-state index in [9.17, 15) is 5.11 Å². The van der Waals surface area contributed by atoms with E-state index < -0.39 is 0 Å². The van der Waals surface area contributed by atoms with Crippen molar-refractivity contribution in [2.75, 3.05) is 20.3 Å². The Bertz CT molecular complexity index is 276. The van der Waals surface area contributed by atoms with Gasteiger partial charge in [0.05, 0.1) is 12.7 Å². The highest BCUT2D eigenvalue weighted by molar-refractivity contribution is 4.99. The number of hydrogen-bond donors (Lipinski definition) is 1. The molecule has 0 heterocycles. The van der Waals surface area contributed by atoms with Crippen LogP contribution in [-0.4, -0.2) is 48.5 Å². The number of aliphatic hydroxyl groups is 1. The Morgan fingerprint density at radius 2 is 2.00 bits per heavy atom. The van der Waals surface area contributed by atoms with Gasteiger partial charge in [-0.2, -0.15) is 0 Å². The highest BCUT2D eigenvalue weighted by Crippen LogP contribution is 2.43. The summed E-state index contributed by atoms with van der Waals surface area (Å²) in [6.45, 7) is 8.42. The van der Waals surface area contributed by atoms with Crippen molar-refractivity contribution in [3.8, 4) is 0 Å². The first kappa shape index (κ1) is 14.3.